The van der Waals surface area contributed by atoms with Crippen LogP contribution in [0.5, 0.6) is 0 Å². The predicted molar refractivity (Wildman–Crippen MR) is 71.5 cm³/mol. The van der Waals surface area contributed by atoms with Crippen molar-refractivity contribution in [1.29, 1.82) is 0 Å². The van der Waals surface area contributed by atoms with E-state index in [4.69, 9.17) is 0 Å². The van der Waals surface area contributed by atoms with Crippen molar-refractivity contribution in [2.45, 2.75) is 12.7 Å². The summed E-state index contributed by atoms with van der Waals surface area (Å²) in [7, 11) is 0. The predicted octanol–water partition coefficient (Wildman–Crippen LogP) is 4.23. The second-order valence-corrected chi connectivity index (χ2v) is 5.28. The standard InChI is InChI=1S/C14H10F5NOS/c15-10-2-1-3-11(16)12(10)13(21)20(8-14(17,18)19)6-9-4-5-22-7-9/h1-5,7H,6,8H2. The number of amides is 1. The number of alkyl halides is 3. The fourth-order valence-corrected chi connectivity index (χ4v) is 2.54. The van der Waals surface area contributed by atoms with Crippen molar-refractivity contribution in [3.63, 3.8) is 0 Å². The lowest BCUT2D eigenvalue weighted by atomic mass is 10.1. The minimum atomic E-state index is -4.67. The van der Waals surface area contributed by atoms with Crippen LogP contribution < -0.4 is 0 Å². The summed E-state index contributed by atoms with van der Waals surface area (Å²) < 4.78 is 65.1. The smallest absolute Gasteiger partial charge is 0.325 e. The Balaban J connectivity index is 2.33. The number of rotatable bonds is 4. The van der Waals surface area contributed by atoms with Gasteiger partial charge in [-0.1, -0.05) is 6.07 Å². The molecule has 1 heterocycles. The molecule has 0 bridgehead atoms. The first kappa shape index (κ1) is 16.4. The molecule has 0 unspecified atom stereocenters. The van der Waals surface area contributed by atoms with Crippen LogP contribution in [0.15, 0.2) is 35.0 Å². The number of hydrogen-bond acceptors (Lipinski definition) is 2. The third kappa shape index (κ3) is 4.03. The van der Waals surface area contributed by atoms with E-state index in [1.165, 1.54) is 11.3 Å². The largest absolute Gasteiger partial charge is 0.406 e. The second-order valence-electron chi connectivity index (χ2n) is 4.50. The maximum Gasteiger partial charge on any atom is 0.406 e. The summed E-state index contributed by atoms with van der Waals surface area (Å²) in [6.45, 7) is -1.97. The molecule has 22 heavy (non-hydrogen) atoms. The first-order valence-corrected chi connectivity index (χ1v) is 7.03. The molecule has 0 atom stereocenters. The molecule has 1 amide bonds. The van der Waals surface area contributed by atoms with Crippen molar-refractivity contribution in [2.75, 3.05) is 6.54 Å². The van der Waals surface area contributed by atoms with Gasteiger partial charge < -0.3 is 4.90 Å². The van der Waals surface area contributed by atoms with Crippen LogP contribution in [-0.4, -0.2) is 23.5 Å². The van der Waals surface area contributed by atoms with Gasteiger partial charge in [0, 0.05) is 6.54 Å². The molecular weight excluding hydrogens is 325 g/mol. The molecule has 0 spiro atoms. The maximum atomic E-state index is 13.6. The Morgan fingerprint density at radius 2 is 1.77 bits per heavy atom. The third-order valence-corrected chi connectivity index (χ3v) is 3.52. The van der Waals surface area contributed by atoms with E-state index >= 15 is 0 Å². The monoisotopic (exact) mass is 335 g/mol. The fraction of sp³-hybridized carbons (Fsp3) is 0.214. The van der Waals surface area contributed by atoms with Gasteiger partial charge in [0.25, 0.3) is 5.91 Å². The summed E-state index contributed by atoms with van der Waals surface area (Å²) in [5.74, 6) is -3.72. The fourth-order valence-electron chi connectivity index (χ4n) is 1.88. The third-order valence-electron chi connectivity index (χ3n) is 2.79. The minimum absolute atomic E-state index is 0.379. The van der Waals surface area contributed by atoms with Crippen molar-refractivity contribution in [1.82, 2.24) is 4.90 Å². The van der Waals surface area contributed by atoms with Gasteiger partial charge in [-0.25, -0.2) is 8.78 Å². The molecule has 0 N–H and O–H groups in total. The second kappa shape index (κ2) is 6.43. The number of thiophene rings is 1. The molecule has 2 rings (SSSR count). The summed E-state index contributed by atoms with van der Waals surface area (Å²) in [4.78, 5) is 12.5. The van der Waals surface area contributed by atoms with E-state index in [0.29, 0.717) is 10.5 Å². The molecule has 2 nitrogen and oxygen atoms in total. The number of carbonyl (C=O) groups excluding carboxylic acids is 1. The quantitative estimate of drug-likeness (QED) is 0.766. The SMILES string of the molecule is O=C(c1c(F)cccc1F)N(Cc1ccsc1)CC(F)(F)F. The van der Waals surface area contributed by atoms with Crippen LogP contribution in [0.4, 0.5) is 22.0 Å². The Bertz CT molecular complexity index is 633. The summed E-state index contributed by atoms with van der Waals surface area (Å²) in [5, 5.41) is 3.20. The van der Waals surface area contributed by atoms with Crippen LogP contribution in [0.25, 0.3) is 0 Å². The van der Waals surface area contributed by atoms with Gasteiger partial charge in [-0.2, -0.15) is 24.5 Å². The first-order valence-electron chi connectivity index (χ1n) is 6.09. The molecule has 0 saturated carbocycles. The van der Waals surface area contributed by atoms with Crippen LogP contribution in [0.3, 0.4) is 0 Å². The minimum Gasteiger partial charge on any atom is -0.325 e. The molecule has 0 saturated heterocycles. The lowest BCUT2D eigenvalue weighted by Crippen LogP contribution is -2.39. The van der Waals surface area contributed by atoms with Crippen LogP contribution >= 0.6 is 11.3 Å². The zero-order valence-corrected chi connectivity index (χ0v) is 11.8. The average molecular weight is 335 g/mol. The van der Waals surface area contributed by atoms with Gasteiger partial charge in [-0.3, -0.25) is 4.79 Å². The van der Waals surface area contributed by atoms with Crippen molar-refractivity contribution < 1.29 is 26.7 Å². The summed E-state index contributed by atoms with van der Waals surface area (Å²) >= 11 is 1.25. The number of nitrogens with zero attached hydrogens (tertiary/aromatic N) is 1. The zero-order chi connectivity index (χ0) is 16.3. The molecule has 0 radical (unpaired) electrons. The molecule has 0 fully saturated rings. The lowest BCUT2D eigenvalue weighted by Gasteiger charge is -2.24. The molecule has 1 aromatic heterocycles. The van der Waals surface area contributed by atoms with E-state index in [-0.39, 0.29) is 6.54 Å². The molecule has 8 heteroatoms. The molecular formula is C14H10F5NOS. The molecule has 118 valence electrons. The number of benzene rings is 1. The van der Waals surface area contributed by atoms with E-state index < -0.39 is 35.8 Å². The van der Waals surface area contributed by atoms with E-state index in [1.54, 1.807) is 16.8 Å². The van der Waals surface area contributed by atoms with Crippen LogP contribution in [-0.2, 0) is 6.54 Å². The van der Waals surface area contributed by atoms with Gasteiger partial charge in [0.2, 0.25) is 0 Å². The lowest BCUT2D eigenvalue weighted by molar-refractivity contribution is -0.141. The Kier molecular flexibility index (Phi) is 4.80. The van der Waals surface area contributed by atoms with Gasteiger partial charge in [0.15, 0.2) is 0 Å². The van der Waals surface area contributed by atoms with Gasteiger partial charge in [-0.15, -0.1) is 0 Å². The highest BCUT2D eigenvalue weighted by molar-refractivity contribution is 7.07. The Morgan fingerprint density at radius 1 is 1.14 bits per heavy atom. The number of halogens is 5. The van der Waals surface area contributed by atoms with Crippen LogP contribution in [0, 0.1) is 11.6 Å². The van der Waals surface area contributed by atoms with Gasteiger partial charge in [0.05, 0.1) is 0 Å². The summed E-state index contributed by atoms with van der Waals surface area (Å²) in [5.41, 5.74) is -0.527. The van der Waals surface area contributed by atoms with E-state index in [1.807, 2.05) is 0 Å². The normalized spacial score (nSPS) is 11.5. The Morgan fingerprint density at radius 3 is 2.27 bits per heavy atom. The van der Waals surface area contributed by atoms with E-state index in [2.05, 4.69) is 0 Å². The van der Waals surface area contributed by atoms with Gasteiger partial charge in [0.1, 0.15) is 23.7 Å². The molecule has 0 aliphatic carbocycles. The van der Waals surface area contributed by atoms with Gasteiger partial charge in [-0.05, 0) is 34.5 Å². The van der Waals surface area contributed by atoms with Crippen LogP contribution in [0.1, 0.15) is 15.9 Å². The topological polar surface area (TPSA) is 20.3 Å². The number of carbonyl (C=O) groups is 1. The highest BCUT2D eigenvalue weighted by Crippen LogP contribution is 2.22. The first-order chi connectivity index (χ1) is 10.3. The maximum absolute atomic E-state index is 13.6. The summed E-state index contributed by atoms with van der Waals surface area (Å²) in [6, 6.07) is 4.23. The highest BCUT2D eigenvalue weighted by Gasteiger charge is 2.35. The molecule has 0 aliphatic rings. The van der Waals surface area contributed by atoms with Crippen molar-refractivity contribution in [3.05, 3.63) is 57.8 Å². The zero-order valence-electron chi connectivity index (χ0n) is 11.0. The average Bonchev–Trinajstić information content (AvgIpc) is 2.89. The van der Waals surface area contributed by atoms with E-state index in [0.717, 1.165) is 18.2 Å². The Hall–Kier alpha value is -1.96. The highest BCUT2D eigenvalue weighted by atomic mass is 32.1. The van der Waals surface area contributed by atoms with Crippen molar-refractivity contribution in [2.24, 2.45) is 0 Å². The van der Waals surface area contributed by atoms with Crippen molar-refractivity contribution >= 4 is 17.2 Å². The number of hydrogen-bond donors (Lipinski definition) is 0. The molecule has 2 aromatic rings. The summed E-state index contributed by atoms with van der Waals surface area (Å²) in [6.07, 6.45) is -4.67. The Labute approximate surface area is 126 Å². The van der Waals surface area contributed by atoms with E-state index in [9.17, 15) is 26.7 Å². The van der Waals surface area contributed by atoms with Crippen LogP contribution in [0.2, 0.25) is 0 Å². The molecule has 0 aliphatic heterocycles. The van der Waals surface area contributed by atoms with Crippen molar-refractivity contribution in [3.8, 4) is 0 Å². The molecule has 1 aromatic carbocycles. The van der Waals surface area contributed by atoms with Gasteiger partial charge >= 0.3 is 6.18 Å².